The largest absolute Gasteiger partial charge is 0.481 e. The Kier molecular flexibility index (Phi) is 9.25. The molecule has 2 saturated heterocycles. The Hall–Kier alpha value is -3.55. The van der Waals surface area contributed by atoms with Crippen molar-refractivity contribution in [2.45, 2.75) is 57.2 Å². The zero-order chi connectivity index (χ0) is 32.7. The molecule has 244 valence electrons. The number of halogens is 3. The van der Waals surface area contributed by atoms with Crippen LogP contribution in [0.25, 0.3) is 11.0 Å². The molecule has 2 fully saturated rings. The number of fused-ring (bicyclic) bond motifs is 1. The number of amides is 1. The molecule has 3 aromatic rings. The molecule has 0 bridgehead atoms. The molecule has 10 nitrogen and oxygen atoms in total. The summed E-state index contributed by atoms with van der Waals surface area (Å²) in [6, 6.07) is 5.20. The van der Waals surface area contributed by atoms with E-state index in [0.717, 1.165) is 6.07 Å². The van der Waals surface area contributed by atoms with E-state index >= 15 is 13.2 Å². The van der Waals surface area contributed by atoms with E-state index in [1.54, 1.807) is 22.8 Å². The zero-order valence-electron chi connectivity index (χ0n) is 26.6. The predicted molar refractivity (Wildman–Crippen MR) is 165 cm³/mol. The minimum atomic E-state index is -3.32. The van der Waals surface area contributed by atoms with Gasteiger partial charge in [-0.2, -0.15) is 4.98 Å². The predicted octanol–water partition coefficient (Wildman–Crippen LogP) is 4.15. The first-order valence-corrected chi connectivity index (χ1v) is 15.3. The Bertz CT molecular complexity index is 1540. The summed E-state index contributed by atoms with van der Waals surface area (Å²) in [4.78, 5) is 31.2. The molecule has 5 rings (SSSR count). The molecule has 0 unspecified atom stereocenters. The van der Waals surface area contributed by atoms with Crippen molar-refractivity contribution in [1.29, 1.82) is 0 Å². The number of nitrogens with zero attached hydrogens (tertiary/aromatic N) is 6. The van der Waals surface area contributed by atoms with Gasteiger partial charge in [0.1, 0.15) is 18.0 Å². The quantitative estimate of drug-likeness (QED) is 0.342. The number of piperidine rings is 1. The summed E-state index contributed by atoms with van der Waals surface area (Å²) in [5.74, 6) is -4.74. The third kappa shape index (κ3) is 6.43. The van der Waals surface area contributed by atoms with Gasteiger partial charge in [0.25, 0.3) is 5.92 Å². The monoisotopic (exact) mass is 629 g/mol. The van der Waals surface area contributed by atoms with Crippen LogP contribution in [0.5, 0.6) is 5.88 Å². The zero-order valence-corrected chi connectivity index (χ0v) is 26.6. The van der Waals surface area contributed by atoms with Crippen LogP contribution in [-0.2, 0) is 16.3 Å². The molecule has 2 aliphatic rings. The molecular formula is C32H42F3N7O3. The van der Waals surface area contributed by atoms with Crippen LogP contribution >= 0.6 is 0 Å². The number of rotatable bonds is 10. The van der Waals surface area contributed by atoms with E-state index in [0.29, 0.717) is 29.9 Å². The summed E-state index contributed by atoms with van der Waals surface area (Å²) in [7, 11) is 5.11. The number of carbonyl (C=O) groups excluding carboxylic acids is 1. The van der Waals surface area contributed by atoms with Crippen molar-refractivity contribution in [2.24, 2.45) is 5.92 Å². The van der Waals surface area contributed by atoms with Gasteiger partial charge in [0.05, 0.1) is 42.2 Å². The summed E-state index contributed by atoms with van der Waals surface area (Å²) in [6.07, 6.45) is 1.83. The highest BCUT2D eigenvalue weighted by Gasteiger charge is 2.50. The number of anilines is 1. The fraction of sp³-hybridized carbons (Fsp3) is 0.562. The van der Waals surface area contributed by atoms with Crippen molar-refractivity contribution in [3.05, 3.63) is 53.1 Å². The van der Waals surface area contributed by atoms with Crippen molar-refractivity contribution < 1.29 is 27.8 Å². The van der Waals surface area contributed by atoms with Gasteiger partial charge in [-0.25, -0.2) is 23.1 Å². The molecule has 1 amide bonds. The average molecular weight is 630 g/mol. The van der Waals surface area contributed by atoms with Crippen molar-refractivity contribution in [2.75, 3.05) is 59.2 Å². The molecule has 2 N–H and O–H groups in total. The first-order valence-electron chi connectivity index (χ1n) is 15.3. The Morgan fingerprint density at radius 2 is 1.89 bits per heavy atom. The fourth-order valence-electron chi connectivity index (χ4n) is 6.15. The summed E-state index contributed by atoms with van der Waals surface area (Å²) in [6.45, 7) is 6.99. The van der Waals surface area contributed by atoms with Gasteiger partial charge in [-0.15, -0.1) is 0 Å². The lowest BCUT2D eigenvalue weighted by Crippen LogP contribution is -2.56. The number of hydrogen-bond acceptors (Lipinski definition) is 9. The lowest BCUT2D eigenvalue weighted by Gasteiger charge is -2.45. The van der Waals surface area contributed by atoms with Gasteiger partial charge in [-0.3, -0.25) is 9.69 Å². The van der Waals surface area contributed by atoms with Crippen molar-refractivity contribution >= 4 is 22.8 Å². The van der Waals surface area contributed by atoms with Gasteiger partial charge in [-0.1, -0.05) is 18.2 Å². The van der Waals surface area contributed by atoms with E-state index in [9.17, 15) is 9.90 Å². The number of ether oxygens (including phenoxy) is 1. The van der Waals surface area contributed by atoms with Crippen LogP contribution in [0.3, 0.4) is 0 Å². The Labute approximate surface area is 261 Å². The summed E-state index contributed by atoms with van der Waals surface area (Å²) < 4.78 is 52.2. The van der Waals surface area contributed by atoms with E-state index in [4.69, 9.17) is 4.74 Å². The number of likely N-dealkylation sites (N-methyl/N-ethyl adjacent to an activating group) is 1. The highest BCUT2D eigenvalue weighted by atomic mass is 19.3. The number of aliphatic hydroxyl groups is 1. The smallest absolute Gasteiger partial charge is 0.281 e. The number of nitrogens with one attached hydrogen (secondary N) is 1. The van der Waals surface area contributed by atoms with E-state index in [-0.39, 0.29) is 61.5 Å². The first kappa shape index (κ1) is 32.8. The van der Waals surface area contributed by atoms with Crippen molar-refractivity contribution in [3.63, 3.8) is 0 Å². The van der Waals surface area contributed by atoms with Crippen LogP contribution < -0.4 is 10.1 Å². The Morgan fingerprint density at radius 1 is 1.20 bits per heavy atom. The maximum atomic E-state index is 15.8. The van der Waals surface area contributed by atoms with Crippen LogP contribution in [0.2, 0.25) is 0 Å². The number of hydrogen-bond donors (Lipinski definition) is 2. The maximum Gasteiger partial charge on any atom is 0.281 e. The highest BCUT2D eigenvalue weighted by Crippen LogP contribution is 2.44. The SMILES string of the molecule is COc1nc2ncnc(N[C@H](C)c3cccc(C(F)(F)C4CN(C(C)C)C4)c3F)c2cc1C1(O)CCN(C(=O)CN(C)C)CC1. The lowest BCUT2D eigenvalue weighted by molar-refractivity contribution is -0.136. The van der Waals surface area contributed by atoms with E-state index in [1.165, 1.54) is 25.6 Å². The van der Waals surface area contributed by atoms with Gasteiger partial charge in [0.2, 0.25) is 11.8 Å². The second kappa shape index (κ2) is 12.7. The molecule has 0 radical (unpaired) electrons. The summed E-state index contributed by atoms with van der Waals surface area (Å²) >= 11 is 0. The Balaban J connectivity index is 1.41. The molecule has 13 heteroatoms. The van der Waals surface area contributed by atoms with Crippen LogP contribution in [0.1, 0.15) is 56.3 Å². The standard InChI is InChI=1S/C32H42F3N7O3/c1-19(2)42-15-21(16-42)32(34,35)24-9-7-8-22(27(24)33)20(3)38-28-23-14-25(30(45-6)39-29(23)37-18-36-28)31(44)10-12-41(13-11-31)26(43)17-40(4)5/h7-9,14,18-21,44H,10-13,15-17H2,1-6H3,(H,36,37,38,39)/t20-/m1/s1. The van der Waals surface area contributed by atoms with Crippen LogP contribution in [0.4, 0.5) is 19.0 Å². The normalized spacial score (nSPS) is 18.4. The number of aromatic nitrogens is 3. The maximum absolute atomic E-state index is 15.8. The molecule has 2 aromatic heterocycles. The minimum Gasteiger partial charge on any atom is -0.481 e. The van der Waals surface area contributed by atoms with Crippen molar-refractivity contribution in [1.82, 2.24) is 29.7 Å². The molecule has 4 heterocycles. The average Bonchev–Trinajstić information content (AvgIpc) is 2.95. The first-order chi connectivity index (χ1) is 21.2. The molecular weight excluding hydrogens is 587 g/mol. The Morgan fingerprint density at radius 3 is 2.51 bits per heavy atom. The molecule has 45 heavy (non-hydrogen) atoms. The van der Waals surface area contributed by atoms with E-state index in [2.05, 4.69) is 20.3 Å². The molecule has 1 atom stereocenters. The van der Waals surface area contributed by atoms with Gasteiger partial charge in [-0.05, 0) is 53.8 Å². The molecule has 0 spiro atoms. The highest BCUT2D eigenvalue weighted by molar-refractivity contribution is 5.87. The van der Waals surface area contributed by atoms with Gasteiger partial charge < -0.3 is 25.0 Å². The molecule has 2 aliphatic heterocycles. The topological polar surface area (TPSA) is 107 Å². The molecule has 0 aliphatic carbocycles. The number of carbonyl (C=O) groups is 1. The number of alkyl halides is 2. The third-order valence-electron chi connectivity index (χ3n) is 9.04. The van der Waals surface area contributed by atoms with Crippen LogP contribution in [0, 0.1) is 11.7 Å². The van der Waals surface area contributed by atoms with E-state index < -0.39 is 34.9 Å². The second-order valence-corrected chi connectivity index (χ2v) is 12.7. The molecule has 0 saturated carbocycles. The number of pyridine rings is 1. The minimum absolute atomic E-state index is 0.0150. The summed E-state index contributed by atoms with van der Waals surface area (Å²) in [5, 5.41) is 15.4. The number of likely N-dealkylation sites (tertiary alicyclic amines) is 2. The van der Waals surface area contributed by atoms with Gasteiger partial charge >= 0.3 is 0 Å². The lowest BCUT2D eigenvalue weighted by atomic mass is 9.84. The number of methoxy groups -OCH3 is 1. The summed E-state index contributed by atoms with van der Waals surface area (Å²) in [5.41, 5.74) is -1.16. The van der Waals surface area contributed by atoms with E-state index in [1.807, 2.05) is 32.8 Å². The van der Waals surface area contributed by atoms with Crippen molar-refractivity contribution in [3.8, 4) is 5.88 Å². The fourth-order valence-corrected chi connectivity index (χ4v) is 6.15. The second-order valence-electron chi connectivity index (χ2n) is 12.7. The molecule has 1 aromatic carbocycles. The van der Waals surface area contributed by atoms with Crippen LogP contribution in [0.15, 0.2) is 30.6 Å². The van der Waals surface area contributed by atoms with Crippen LogP contribution in [-0.4, -0.2) is 101 Å². The van der Waals surface area contributed by atoms with Gasteiger partial charge in [0, 0.05) is 43.3 Å². The van der Waals surface area contributed by atoms with Gasteiger partial charge in [0.15, 0.2) is 5.65 Å². The third-order valence-corrected chi connectivity index (χ3v) is 9.04. The number of benzene rings is 1.